The summed E-state index contributed by atoms with van der Waals surface area (Å²) in [5.41, 5.74) is 0.559. The number of amides is 1. The highest BCUT2D eigenvalue weighted by atomic mass is 16.5. The van der Waals surface area contributed by atoms with E-state index in [0.29, 0.717) is 29.4 Å². The summed E-state index contributed by atoms with van der Waals surface area (Å²) in [6.45, 7) is 7.78. The van der Waals surface area contributed by atoms with E-state index in [0.717, 1.165) is 13.0 Å². The van der Waals surface area contributed by atoms with Gasteiger partial charge in [0.05, 0.1) is 21.3 Å². The molecule has 0 bridgehead atoms. The third-order valence-corrected chi connectivity index (χ3v) is 3.22. The van der Waals surface area contributed by atoms with Crippen LogP contribution in [0, 0.1) is 0 Å². The molecule has 2 N–H and O–H groups in total. The summed E-state index contributed by atoms with van der Waals surface area (Å²) < 4.78 is 15.8. The standard InChI is InChI=1S/C17H28N2O4/c1-17(2,3)19-9-7-8-18-16(20)12-10-13(21-4)15(23-6)14(11-12)22-5/h10-11,19H,7-9H2,1-6H3,(H,18,20). The van der Waals surface area contributed by atoms with Crippen LogP contribution in [0.4, 0.5) is 0 Å². The molecule has 0 saturated heterocycles. The maximum Gasteiger partial charge on any atom is 0.251 e. The lowest BCUT2D eigenvalue weighted by Crippen LogP contribution is -2.37. The monoisotopic (exact) mass is 324 g/mol. The molecule has 0 aliphatic carbocycles. The summed E-state index contributed by atoms with van der Waals surface area (Å²) in [5.74, 6) is 1.23. The summed E-state index contributed by atoms with van der Waals surface area (Å²) in [4.78, 5) is 12.3. The number of hydrogen-bond acceptors (Lipinski definition) is 5. The average Bonchev–Trinajstić information content (AvgIpc) is 2.51. The van der Waals surface area contributed by atoms with Gasteiger partial charge in [-0.15, -0.1) is 0 Å². The Hall–Kier alpha value is -1.95. The van der Waals surface area contributed by atoms with Crippen LogP contribution < -0.4 is 24.8 Å². The van der Waals surface area contributed by atoms with Crippen LogP contribution in [0.5, 0.6) is 17.2 Å². The number of benzene rings is 1. The molecule has 1 amide bonds. The maximum atomic E-state index is 12.3. The van der Waals surface area contributed by atoms with E-state index in [1.54, 1.807) is 12.1 Å². The number of rotatable bonds is 8. The minimum absolute atomic E-state index is 0.0841. The summed E-state index contributed by atoms with van der Waals surface area (Å²) in [6, 6.07) is 3.29. The molecule has 130 valence electrons. The number of carbonyl (C=O) groups is 1. The average molecular weight is 324 g/mol. The second-order valence-corrected chi connectivity index (χ2v) is 6.20. The van der Waals surface area contributed by atoms with Gasteiger partial charge in [-0.2, -0.15) is 0 Å². The van der Waals surface area contributed by atoms with Crippen LogP contribution in [0.3, 0.4) is 0 Å². The van der Waals surface area contributed by atoms with Crippen molar-refractivity contribution in [2.45, 2.75) is 32.7 Å². The number of hydrogen-bond donors (Lipinski definition) is 2. The topological polar surface area (TPSA) is 68.8 Å². The second-order valence-electron chi connectivity index (χ2n) is 6.20. The van der Waals surface area contributed by atoms with Gasteiger partial charge in [-0.1, -0.05) is 0 Å². The molecule has 6 nitrogen and oxygen atoms in total. The minimum atomic E-state index is -0.167. The molecule has 0 atom stereocenters. The van der Waals surface area contributed by atoms with Crippen LogP contribution in [-0.2, 0) is 0 Å². The van der Waals surface area contributed by atoms with Gasteiger partial charge in [-0.3, -0.25) is 4.79 Å². The quantitative estimate of drug-likeness (QED) is 0.718. The van der Waals surface area contributed by atoms with E-state index < -0.39 is 0 Å². The molecule has 6 heteroatoms. The summed E-state index contributed by atoms with van der Waals surface area (Å²) in [6.07, 6.45) is 0.855. The fraction of sp³-hybridized carbons (Fsp3) is 0.588. The molecule has 0 fully saturated rings. The third kappa shape index (κ3) is 5.98. The summed E-state index contributed by atoms with van der Waals surface area (Å²) >= 11 is 0. The number of carbonyl (C=O) groups excluding carboxylic acids is 1. The number of methoxy groups -OCH3 is 3. The smallest absolute Gasteiger partial charge is 0.251 e. The van der Waals surface area contributed by atoms with Crippen molar-refractivity contribution in [1.82, 2.24) is 10.6 Å². The van der Waals surface area contributed by atoms with Crippen molar-refractivity contribution in [1.29, 1.82) is 0 Å². The van der Waals surface area contributed by atoms with E-state index in [2.05, 4.69) is 31.4 Å². The molecule has 0 radical (unpaired) electrons. The van der Waals surface area contributed by atoms with E-state index >= 15 is 0 Å². The first-order chi connectivity index (χ1) is 10.8. The Kier molecular flexibility index (Phi) is 7.16. The Bertz CT molecular complexity index is 499. The fourth-order valence-corrected chi connectivity index (χ4v) is 2.07. The van der Waals surface area contributed by atoms with Gasteiger partial charge in [0, 0.05) is 17.6 Å². The molecule has 1 rings (SSSR count). The molecule has 0 aliphatic rings. The van der Waals surface area contributed by atoms with E-state index in [-0.39, 0.29) is 11.4 Å². The van der Waals surface area contributed by atoms with Gasteiger partial charge in [-0.25, -0.2) is 0 Å². The molecular formula is C17H28N2O4. The highest BCUT2D eigenvalue weighted by Gasteiger charge is 2.16. The zero-order valence-corrected chi connectivity index (χ0v) is 14.9. The van der Waals surface area contributed by atoms with Gasteiger partial charge < -0.3 is 24.8 Å². The Morgan fingerprint density at radius 1 is 1.00 bits per heavy atom. The SMILES string of the molecule is COc1cc(C(=O)NCCCNC(C)(C)C)cc(OC)c1OC. The van der Waals surface area contributed by atoms with E-state index in [1.807, 2.05) is 0 Å². The Morgan fingerprint density at radius 2 is 1.57 bits per heavy atom. The predicted molar refractivity (Wildman–Crippen MR) is 90.8 cm³/mol. The van der Waals surface area contributed by atoms with E-state index in [9.17, 15) is 4.79 Å². The molecular weight excluding hydrogens is 296 g/mol. The Balaban J connectivity index is 2.66. The molecule has 0 spiro atoms. The van der Waals surface area contributed by atoms with E-state index in [1.165, 1.54) is 21.3 Å². The molecule has 0 aromatic heterocycles. The lowest BCUT2D eigenvalue weighted by atomic mass is 10.1. The van der Waals surface area contributed by atoms with Crippen molar-refractivity contribution in [2.24, 2.45) is 0 Å². The summed E-state index contributed by atoms with van der Waals surface area (Å²) in [5, 5.41) is 6.27. The zero-order chi connectivity index (χ0) is 17.5. The fourth-order valence-electron chi connectivity index (χ4n) is 2.07. The molecule has 0 unspecified atom stereocenters. The molecule has 1 aromatic carbocycles. The van der Waals surface area contributed by atoms with Crippen LogP contribution in [0.2, 0.25) is 0 Å². The van der Waals surface area contributed by atoms with Gasteiger partial charge in [0.1, 0.15) is 0 Å². The second kappa shape index (κ2) is 8.62. The lowest BCUT2D eigenvalue weighted by Gasteiger charge is -2.20. The van der Waals surface area contributed by atoms with Crippen LogP contribution in [0.25, 0.3) is 0 Å². The lowest BCUT2D eigenvalue weighted by molar-refractivity contribution is 0.0952. The normalized spacial score (nSPS) is 11.0. The summed E-state index contributed by atoms with van der Waals surface area (Å²) in [7, 11) is 4.58. The molecule has 0 aliphatic heterocycles. The van der Waals surface area contributed by atoms with Crippen molar-refractivity contribution in [3.05, 3.63) is 17.7 Å². The number of nitrogens with one attached hydrogen (secondary N) is 2. The van der Waals surface area contributed by atoms with Crippen molar-refractivity contribution in [3.63, 3.8) is 0 Å². The maximum absolute atomic E-state index is 12.3. The first-order valence-corrected chi connectivity index (χ1v) is 7.65. The van der Waals surface area contributed by atoms with Crippen LogP contribution in [0.1, 0.15) is 37.6 Å². The van der Waals surface area contributed by atoms with Crippen molar-refractivity contribution in [2.75, 3.05) is 34.4 Å². The minimum Gasteiger partial charge on any atom is -0.493 e. The van der Waals surface area contributed by atoms with Gasteiger partial charge >= 0.3 is 0 Å². The first-order valence-electron chi connectivity index (χ1n) is 7.65. The largest absolute Gasteiger partial charge is 0.493 e. The predicted octanol–water partition coefficient (Wildman–Crippen LogP) is 2.22. The van der Waals surface area contributed by atoms with Crippen LogP contribution >= 0.6 is 0 Å². The first kappa shape index (κ1) is 19.1. The molecule has 0 saturated carbocycles. The Labute approximate surface area is 138 Å². The highest BCUT2D eigenvalue weighted by Crippen LogP contribution is 2.38. The Morgan fingerprint density at radius 3 is 2.00 bits per heavy atom. The van der Waals surface area contributed by atoms with Crippen molar-refractivity contribution >= 4 is 5.91 Å². The van der Waals surface area contributed by atoms with Crippen LogP contribution in [-0.4, -0.2) is 45.9 Å². The molecule has 23 heavy (non-hydrogen) atoms. The molecule has 0 heterocycles. The number of ether oxygens (including phenoxy) is 3. The van der Waals surface area contributed by atoms with Crippen molar-refractivity contribution in [3.8, 4) is 17.2 Å². The van der Waals surface area contributed by atoms with Gasteiger partial charge in [0.2, 0.25) is 5.75 Å². The van der Waals surface area contributed by atoms with Crippen LogP contribution in [0.15, 0.2) is 12.1 Å². The van der Waals surface area contributed by atoms with Gasteiger partial charge in [0.25, 0.3) is 5.91 Å². The van der Waals surface area contributed by atoms with Gasteiger partial charge in [-0.05, 0) is 45.9 Å². The van der Waals surface area contributed by atoms with Crippen molar-refractivity contribution < 1.29 is 19.0 Å². The van der Waals surface area contributed by atoms with E-state index in [4.69, 9.17) is 14.2 Å². The zero-order valence-electron chi connectivity index (χ0n) is 14.9. The highest BCUT2D eigenvalue weighted by molar-refractivity contribution is 5.95. The molecule has 1 aromatic rings. The third-order valence-electron chi connectivity index (χ3n) is 3.22. The van der Waals surface area contributed by atoms with Gasteiger partial charge in [0.15, 0.2) is 11.5 Å².